The molecule has 1 aromatic heterocycles. The highest BCUT2D eigenvalue weighted by atomic mass is 16.3. The Labute approximate surface area is 94.1 Å². The standard InChI is InChI=1S/C11H15N3O2/c15-7-1-6-14-8-10(13-11(14)16)9-2-4-12-5-3-9/h2-5,10,15H,1,6-8H2,(H,13,16). The monoisotopic (exact) mass is 221 g/mol. The Hall–Kier alpha value is -1.62. The lowest BCUT2D eigenvalue weighted by Gasteiger charge is -2.13. The summed E-state index contributed by atoms with van der Waals surface area (Å²) in [7, 11) is 0. The van der Waals surface area contributed by atoms with Gasteiger partial charge in [-0.05, 0) is 24.1 Å². The number of aliphatic hydroxyl groups excluding tert-OH is 1. The van der Waals surface area contributed by atoms with Crippen LogP contribution < -0.4 is 5.32 Å². The van der Waals surface area contributed by atoms with Gasteiger partial charge in [0.25, 0.3) is 0 Å². The van der Waals surface area contributed by atoms with E-state index in [1.165, 1.54) is 0 Å². The topological polar surface area (TPSA) is 65.5 Å². The van der Waals surface area contributed by atoms with Crippen molar-refractivity contribution in [3.05, 3.63) is 30.1 Å². The molecule has 1 aliphatic rings. The fourth-order valence-electron chi connectivity index (χ4n) is 1.83. The third-order valence-electron chi connectivity index (χ3n) is 2.68. The molecule has 2 amide bonds. The molecule has 0 aromatic carbocycles. The number of pyridine rings is 1. The first-order valence-electron chi connectivity index (χ1n) is 5.37. The third kappa shape index (κ3) is 2.30. The number of nitrogens with zero attached hydrogens (tertiary/aromatic N) is 2. The molecular formula is C11H15N3O2. The molecule has 1 unspecified atom stereocenters. The summed E-state index contributed by atoms with van der Waals surface area (Å²) < 4.78 is 0. The molecule has 0 aliphatic carbocycles. The van der Waals surface area contributed by atoms with Gasteiger partial charge < -0.3 is 15.3 Å². The van der Waals surface area contributed by atoms with Crippen molar-refractivity contribution in [2.75, 3.05) is 19.7 Å². The number of rotatable bonds is 4. The third-order valence-corrected chi connectivity index (χ3v) is 2.68. The summed E-state index contributed by atoms with van der Waals surface area (Å²) in [4.78, 5) is 17.3. The van der Waals surface area contributed by atoms with Gasteiger partial charge in [-0.2, -0.15) is 0 Å². The summed E-state index contributed by atoms with van der Waals surface area (Å²) in [5.41, 5.74) is 1.06. The Morgan fingerprint density at radius 1 is 1.50 bits per heavy atom. The lowest BCUT2D eigenvalue weighted by molar-refractivity contribution is 0.209. The second-order valence-corrected chi connectivity index (χ2v) is 3.81. The van der Waals surface area contributed by atoms with Crippen LogP contribution in [-0.2, 0) is 0 Å². The van der Waals surface area contributed by atoms with Crippen LogP contribution in [0.25, 0.3) is 0 Å². The van der Waals surface area contributed by atoms with Gasteiger partial charge in [-0.1, -0.05) is 0 Å². The van der Waals surface area contributed by atoms with Crippen molar-refractivity contribution in [3.8, 4) is 0 Å². The van der Waals surface area contributed by atoms with Gasteiger partial charge in [-0.3, -0.25) is 4.98 Å². The lowest BCUT2D eigenvalue weighted by Crippen LogP contribution is -2.29. The van der Waals surface area contributed by atoms with Crippen LogP contribution in [0.5, 0.6) is 0 Å². The summed E-state index contributed by atoms with van der Waals surface area (Å²) in [6.45, 7) is 1.37. The maximum absolute atomic E-state index is 11.6. The van der Waals surface area contributed by atoms with Crippen molar-refractivity contribution >= 4 is 6.03 Å². The molecule has 0 radical (unpaired) electrons. The number of hydrogen-bond donors (Lipinski definition) is 2. The molecule has 1 saturated heterocycles. The van der Waals surface area contributed by atoms with E-state index in [4.69, 9.17) is 5.11 Å². The molecule has 1 fully saturated rings. The number of amides is 2. The zero-order chi connectivity index (χ0) is 11.4. The Morgan fingerprint density at radius 2 is 2.25 bits per heavy atom. The van der Waals surface area contributed by atoms with Crippen molar-refractivity contribution in [1.29, 1.82) is 0 Å². The Balaban J connectivity index is 1.98. The summed E-state index contributed by atoms with van der Waals surface area (Å²) in [6.07, 6.45) is 4.06. The van der Waals surface area contributed by atoms with E-state index in [0.29, 0.717) is 19.5 Å². The first-order valence-corrected chi connectivity index (χ1v) is 5.37. The number of carbonyl (C=O) groups is 1. The van der Waals surface area contributed by atoms with E-state index < -0.39 is 0 Å². The first kappa shape index (κ1) is 10.9. The minimum atomic E-state index is -0.0599. The predicted molar refractivity (Wildman–Crippen MR) is 58.8 cm³/mol. The second-order valence-electron chi connectivity index (χ2n) is 3.81. The van der Waals surface area contributed by atoms with Gasteiger partial charge in [0.1, 0.15) is 0 Å². The zero-order valence-corrected chi connectivity index (χ0v) is 8.97. The first-order chi connectivity index (χ1) is 7.81. The number of urea groups is 1. The molecule has 1 atom stereocenters. The summed E-state index contributed by atoms with van der Waals surface area (Å²) in [5, 5.41) is 11.6. The quantitative estimate of drug-likeness (QED) is 0.779. The number of aliphatic hydroxyl groups is 1. The normalized spacial score (nSPS) is 19.9. The van der Waals surface area contributed by atoms with Gasteiger partial charge in [-0.25, -0.2) is 4.79 Å². The van der Waals surface area contributed by atoms with Crippen LogP contribution in [0.2, 0.25) is 0 Å². The molecule has 0 spiro atoms. The SMILES string of the molecule is O=C1NC(c2ccncc2)CN1CCCO. The minimum absolute atomic E-state index is 0.0363. The molecule has 1 aromatic rings. The molecule has 2 heterocycles. The average Bonchev–Trinajstić information content (AvgIpc) is 2.69. The van der Waals surface area contributed by atoms with E-state index in [0.717, 1.165) is 5.56 Å². The molecule has 2 N–H and O–H groups in total. The van der Waals surface area contributed by atoms with Crippen LogP contribution in [0.15, 0.2) is 24.5 Å². The van der Waals surface area contributed by atoms with E-state index in [1.807, 2.05) is 12.1 Å². The fourth-order valence-corrected chi connectivity index (χ4v) is 1.83. The molecular weight excluding hydrogens is 206 g/mol. The van der Waals surface area contributed by atoms with Crippen LogP contribution in [0.4, 0.5) is 4.79 Å². The smallest absolute Gasteiger partial charge is 0.318 e. The zero-order valence-electron chi connectivity index (χ0n) is 8.97. The van der Waals surface area contributed by atoms with Gasteiger partial charge in [0.05, 0.1) is 6.04 Å². The van der Waals surface area contributed by atoms with Crippen molar-refractivity contribution in [3.63, 3.8) is 0 Å². The highest BCUT2D eigenvalue weighted by Crippen LogP contribution is 2.19. The lowest BCUT2D eigenvalue weighted by atomic mass is 10.1. The van der Waals surface area contributed by atoms with Crippen LogP contribution in [0, 0.1) is 0 Å². The van der Waals surface area contributed by atoms with Crippen molar-refractivity contribution < 1.29 is 9.90 Å². The molecule has 0 bridgehead atoms. The number of nitrogens with one attached hydrogen (secondary N) is 1. The van der Waals surface area contributed by atoms with E-state index in [2.05, 4.69) is 10.3 Å². The largest absolute Gasteiger partial charge is 0.396 e. The van der Waals surface area contributed by atoms with Crippen LogP contribution in [0.3, 0.4) is 0 Å². The van der Waals surface area contributed by atoms with Crippen molar-refractivity contribution in [2.24, 2.45) is 0 Å². The molecule has 0 saturated carbocycles. The molecule has 86 valence electrons. The average molecular weight is 221 g/mol. The van der Waals surface area contributed by atoms with E-state index in [9.17, 15) is 4.79 Å². The number of hydrogen-bond acceptors (Lipinski definition) is 3. The highest BCUT2D eigenvalue weighted by Gasteiger charge is 2.28. The fraction of sp³-hybridized carbons (Fsp3) is 0.455. The minimum Gasteiger partial charge on any atom is -0.396 e. The number of aromatic nitrogens is 1. The summed E-state index contributed by atoms with van der Waals surface area (Å²) >= 11 is 0. The van der Waals surface area contributed by atoms with Gasteiger partial charge in [0.2, 0.25) is 0 Å². The number of carbonyl (C=O) groups excluding carboxylic acids is 1. The predicted octanol–water partition coefficient (Wildman–Crippen LogP) is 0.530. The summed E-state index contributed by atoms with van der Waals surface area (Å²) in [5.74, 6) is 0. The van der Waals surface area contributed by atoms with E-state index in [-0.39, 0.29) is 18.7 Å². The van der Waals surface area contributed by atoms with Crippen LogP contribution in [-0.4, -0.2) is 40.7 Å². The van der Waals surface area contributed by atoms with Gasteiger partial charge in [0.15, 0.2) is 0 Å². The van der Waals surface area contributed by atoms with Crippen LogP contribution in [0.1, 0.15) is 18.0 Å². The second kappa shape index (κ2) is 4.94. The molecule has 16 heavy (non-hydrogen) atoms. The Morgan fingerprint density at radius 3 is 2.94 bits per heavy atom. The van der Waals surface area contributed by atoms with E-state index >= 15 is 0 Å². The molecule has 5 heteroatoms. The van der Waals surface area contributed by atoms with Crippen molar-refractivity contribution in [2.45, 2.75) is 12.5 Å². The van der Waals surface area contributed by atoms with Gasteiger partial charge in [-0.15, -0.1) is 0 Å². The molecule has 1 aliphatic heterocycles. The molecule has 2 rings (SSSR count). The highest BCUT2D eigenvalue weighted by molar-refractivity contribution is 5.77. The maximum atomic E-state index is 11.6. The van der Waals surface area contributed by atoms with Crippen molar-refractivity contribution in [1.82, 2.24) is 15.2 Å². The maximum Gasteiger partial charge on any atom is 0.318 e. The van der Waals surface area contributed by atoms with Gasteiger partial charge >= 0.3 is 6.03 Å². The summed E-state index contributed by atoms with van der Waals surface area (Å²) in [6, 6.07) is 3.78. The Bertz CT molecular complexity index is 356. The Kier molecular flexibility index (Phi) is 3.36. The van der Waals surface area contributed by atoms with Gasteiger partial charge in [0, 0.05) is 32.1 Å². The van der Waals surface area contributed by atoms with E-state index in [1.54, 1.807) is 17.3 Å². The molecule has 5 nitrogen and oxygen atoms in total. The van der Waals surface area contributed by atoms with Crippen LogP contribution >= 0.6 is 0 Å².